The Morgan fingerprint density at radius 1 is 1.03 bits per heavy atom. The van der Waals surface area contributed by atoms with Crippen LogP contribution in [-0.4, -0.2) is 86.0 Å². The van der Waals surface area contributed by atoms with Crippen LogP contribution in [0.4, 0.5) is 11.4 Å². The Morgan fingerprint density at radius 3 is 2.51 bits per heavy atom. The summed E-state index contributed by atoms with van der Waals surface area (Å²) in [5.74, 6) is -0.191. The molecular weight excluding hydrogens is 488 g/mol. The summed E-state index contributed by atoms with van der Waals surface area (Å²) in [5, 5.41) is 5.55. The highest BCUT2D eigenvalue weighted by atomic mass is 16.2. The normalized spacial score (nSPS) is 16.3. The van der Waals surface area contributed by atoms with Crippen molar-refractivity contribution in [2.75, 3.05) is 63.2 Å². The summed E-state index contributed by atoms with van der Waals surface area (Å²) in [6.07, 6.45) is 2.22. The third-order valence-corrected chi connectivity index (χ3v) is 7.62. The first-order valence-corrected chi connectivity index (χ1v) is 13.7. The molecule has 2 aliphatic heterocycles. The van der Waals surface area contributed by atoms with Crippen LogP contribution in [0.1, 0.15) is 28.7 Å². The number of pyridine rings is 1. The number of fused-ring (bicyclic) bond motifs is 2. The lowest BCUT2D eigenvalue weighted by molar-refractivity contribution is -0.126. The van der Waals surface area contributed by atoms with Crippen molar-refractivity contribution >= 4 is 34.0 Å². The highest BCUT2D eigenvalue weighted by Gasteiger charge is 2.28. The van der Waals surface area contributed by atoms with E-state index >= 15 is 0 Å². The van der Waals surface area contributed by atoms with Gasteiger partial charge in [0.25, 0.3) is 5.91 Å². The van der Waals surface area contributed by atoms with E-state index in [1.54, 1.807) is 0 Å². The van der Waals surface area contributed by atoms with E-state index < -0.39 is 0 Å². The number of rotatable bonds is 7. The standard InChI is InChI=1S/C31H38N6O2/c1-5-30(38)36-17-15-35(16-18-36)29-19-26(31(39)32-22(2)20-34(3)4)33-27-21-37(14-13-25(27)29)28-12-8-10-23-9-6-7-11-24(23)28/h5-12,19,22H,1,13-18,20-21H2,2-4H3,(H,32,39)/t22-/m1/s1. The Hall–Kier alpha value is -3.91. The quantitative estimate of drug-likeness (QED) is 0.477. The molecule has 0 bridgehead atoms. The fraction of sp³-hybridized carbons (Fsp3) is 0.387. The van der Waals surface area contributed by atoms with Crippen molar-refractivity contribution in [1.29, 1.82) is 0 Å². The zero-order valence-corrected chi connectivity index (χ0v) is 23.2. The third kappa shape index (κ3) is 5.76. The largest absolute Gasteiger partial charge is 0.368 e. The van der Waals surface area contributed by atoms with Crippen LogP contribution in [0.3, 0.4) is 0 Å². The van der Waals surface area contributed by atoms with Crippen LogP contribution in [0, 0.1) is 0 Å². The zero-order chi connectivity index (χ0) is 27.5. The van der Waals surface area contributed by atoms with Gasteiger partial charge in [0.1, 0.15) is 5.69 Å². The van der Waals surface area contributed by atoms with E-state index in [0.29, 0.717) is 38.4 Å². The molecule has 8 heteroatoms. The van der Waals surface area contributed by atoms with Gasteiger partial charge < -0.3 is 24.9 Å². The fourth-order valence-electron chi connectivity index (χ4n) is 5.80. The molecule has 1 fully saturated rings. The molecule has 0 saturated carbocycles. The van der Waals surface area contributed by atoms with Crippen LogP contribution in [0.15, 0.2) is 61.2 Å². The molecule has 1 saturated heterocycles. The minimum absolute atomic E-state index is 0.00516. The van der Waals surface area contributed by atoms with E-state index in [-0.39, 0.29) is 17.9 Å². The Bertz CT molecular complexity index is 1370. The summed E-state index contributed by atoms with van der Waals surface area (Å²) in [7, 11) is 3.99. The average Bonchev–Trinajstić information content (AvgIpc) is 2.95. The number of benzene rings is 2. The Labute approximate surface area is 230 Å². The van der Waals surface area contributed by atoms with Crippen molar-refractivity contribution in [3.05, 3.63) is 78.1 Å². The molecule has 1 N–H and O–H groups in total. The van der Waals surface area contributed by atoms with Crippen LogP contribution in [0.2, 0.25) is 0 Å². The number of carbonyl (C=O) groups is 2. The fourth-order valence-corrected chi connectivity index (χ4v) is 5.80. The van der Waals surface area contributed by atoms with Crippen molar-refractivity contribution in [2.45, 2.75) is 25.9 Å². The monoisotopic (exact) mass is 526 g/mol. The maximum Gasteiger partial charge on any atom is 0.270 e. The van der Waals surface area contributed by atoms with Crippen molar-refractivity contribution in [3.8, 4) is 0 Å². The maximum atomic E-state index is 13.4. The SMILES string of the molecule is C=CC(=O)N1CCN(c2cc(C(=O)N[C@H](C)CN(C)C)nc3c2CCN(c2cccc4ccccc24)C3)CC1. The topological polar surface area (TPSA) is 72.0 Å². The van der Waals surface area contributed by atoms with Gasteiger partial charge in [-0.1, -0.05) is 43.0 Å². The number of aromatic nitrogens is 1. The first-order chi connectivity index (χ1) is 18.8. The van der Waals surface area contributed by atoms with E-state index in [0.717, 1.165) is 30.9 Å². The summed E-state index contributed by atoms with van der Waals surface area (Å²) in [6, 6.07) is 16.8. The molecular formula is C31H38N6O2. The molecule has 8 nitrogen and oxygen atoms in total. The summed E-state index contributed by atoms with van der Waals surface area (Å²) in [6.45, 7) is 10.6. The minimum atomic E-state index is -0.156. The van der Waals surface area contributed by atoms with E-state index in [1.807, 2.05) is 32.0 Å². The van der Waals surface area contributed by atoms with E-state index in [9.17, 15) is 9.59 Å². The van der Waals surface area contributed by atoms with Crippen molar-refractivity contribution in [1.82, 2.24) is 20.1 Å². The molecule has 5 rings (SSSR count). The molecule has 1 aromatic heterocycles. The lowest BCUT2D eigenvalue weighted by Gasteiger charge is -2.39. The zero-order valence-electron chi connectivity index (χ0n) is 23.2. The van der Waals surface area contributed by atoms with Crippen LogP contribution >= 0.6 is 0 Å². The number of amides is 2. The number of hydrogen-bond donors (Lipinski definition) is 1. The second-order valence-electron chi connectivity index (χ2n) is 10.8. The lowest BCUT2D eigenvalue weighted by Crippen LogP contribution is -2.49. The first kappa shape index (κ1) is 26.7. The number of likely N-dealkylation sites (N-methyl/N-ethyl adjacent to an activating group) is 1. The number of anilines is 2. The second-order valence-corrected chi connectivity index (χ2v) is 10.8. The number of carbonyl (C=O) groups excluding carboxylic acids is 2. The molecule has 3 aromatic rings. The highest BCUT2D eigenvalue weighted by Crippen LogP contribution is 2.34. The van der Waals surface area contributed by atoms with E-state index in [2.05, 4.69) is 69.1 Å². The molecule has 2 amide bonds. The van der Waals surface area contributed by atoms with Gasteiger partial charge in [-0.05, 0) is 51.0 Å². The molecule has 0 aliphatic carbocycles. The molecule has 1 atom stereocenters. The van der Waals surface area contributed by atoms with Gasteiger partial charge in [0, 0.05) is 67.6 Å². The van der Waals surface area contributed by atoms with Crippen LogP contribution in [0.25, 0.3) is 10.8 Å². The second kappa shape index (κ2) is 11.5. The summed E-state index contributed by atoms with van der Waals surface area (Å²) >= 11 is 0. The van der Waals surface area contributed by atoms with Gasteiger partial charge in [0.15, 0.2) is 0 Å². The minimum Gasteiger partial charge on any atom is -0.368 e. The Kier molecular flexibility index (Phi) is 7.84. The van der Waals surface area contributed by atoms with Crippen molar-refractivity contribution < 1.29 is 9.59 Å². The van der Waals surface area contributed by atoms with Gasteiger partial charge in [-0.25, -0.2) is 4.98 Å². The van der Waals surface area contributed by atoms with Crippen LogP contribution in [-0.2, 0) is 17.8 Å². The van der Waals surface area contributed by atoms with Gasteiger partial charge in [0.05, 0.1) is 12.2 Å². The maximum absolute atomic E-state index is 13.4. The highest BCUT2D eigenvalue weighted by molar-refractivity contribution is 5.95. The molecule has 204 valence electrons. The number of hydrogen-bond acceptors (Lipinski definition) is 6. The van der Waals surface area contributed by atoms with Gasteiger partial charge in [-0.3, -0.25) is 9.59 Å². The van der Waals surface area contributed by atoms with Gasteiger partial charge in [0.2, 0.25) is 5.91 Å². The molecule has 39 heavy (non-hydrogen) atoms. The predicted molar refractivity (Wildman–Crippen MR) is 157 cm³/mol. The van der Waals surface area contributed by atoms with E-state index in [1.165, 1.54) is 28.1 Å². The van der Waals surface area contributed by atoms with Gasteiger partial charge >= 0.3 is 0 Å². The van der Waals surface area contributed by atoms with Crippen LogP contribution < -0.4 is 15.1 Å². The number of piperazine rings is 1. The number of nitrogens with one attached hydrogen (secondary N) is 1. The lowest BCUT2D eigenvalue weighted by atomic mass is 9.98. The number of nitrogens with zero attached hydrogens (tertiary/aromatic N) is 5. The van der Waals surface area contributed by atoms with Gasteiger partial charge in [-0.2, -0.15) is 0 Å². The van der Waals surface area contributed by atoms with Gasteiger partial charge in [-0.15, -0.1) is 0 Å². The van der Waals surface area contributed by atoms with Crippen molar-refractivity contribution in [3.63, 3.8) is 0 Å². The third-order valence-electron chi connectivity index (χ3n) is 7.62. The molecule has 0 spiro atoms. The first-order valence-electron chi connectivity index (χ1n) is 13.7. The molecule has 0 radical (unpaired) electrons. The van der Waals surface area contributed by atoms with E-state index in [4.69, 9.17) is 4.98 Å². The van der Waals surface area contributed by atoms with Crippen LogP contribution in [0.5, 0.6) is 0 Å². The Balaban J connectivity index is 1.47. The molecule has 2 aliphatic rings. The molecule has 2 aromatic carbocycles. The molecule has 0 unspecified atom stereocenters. The Morgan fingerprint density at radius 2 is 1.77 bits per heavy atom. The average molecular weight is 527 g/mol. The molecule has 3 heterocycles. The van der Waals surface area contributed by atoms with Crippen molar-refractivity contribution in [2.24, 2.45) is 0 Å². The predicted octanol–water partition coefficient (Wildman–Crippen LogP) is 3.31. The summed E-state index contributed by atoms with van der Waals surface area (Å²) in [4.78, 5) is 39.0. The summed E-state index contributed by atoms with van der Waals surface area (Å²) < 4.78 is 0. The smallest absolute Gasteiger partial charge is 0.270 e. The summed E-state index contributed by atoms with van der Waals surface area (Å²) in [5.41, 5.74) is 4.84.